The number of rotatable bonds is 2. The summed E-state index contributed by atoms with van der Waals surface area (Å²) in [4.78, 5) is 12.3. The monoisotopic (exact) mass is 395 g/mol. The highest BCUT2D eigenvalue weighted by Crippen LogP contribution is 2.26. The Morgan fingerprint density at radius 2 is 1.90 bits per heavy atom. The Hall–Kier alpha value is -1.89. The molecule has 1 heterocycles. The van der Waals surface area contributed by atoms with E-state index in [1.165, 1.54) is 18.2 Å². The fourth-order valence-electron chi connectivity index (χ4n) is 2.13. The summed E-state index contributed by atoms with van der Waals surface area (Å²) in [6.45, 7) is 1.74. The van der Waals surface area contributed by atoms with Crippen LogP contribution in [0.5, 0.6) is 0 Å². The van der Waals surface area contributed by atoms with Gasteiger partial charge in [-0.2, -0.15) is 0 Å². The minimum atomic E-state index is -0.351. The van der Waals surface area contributed by atoms with Crippen LogP contribution in [-0.4, -0.2) is 5.91 Å². The first-order chi connectivity index (χ1) is 10.0. The molecule has 1 aromatic heterocycles. The van der Waals surface area contributed by atoms with Crippen LogP contribution in [0.15, 0.2) is 46.9 Å². The average molecular weight is 395 g/mol. The molecule has 3 aromatic rings. The van der Waals surface area contributed by atoms with Crippen molar-refractivity contribution in [1.29, 1.82) is 0 Å². The van der Waals surface area contributed by atoms with Crippen molar-refractivity contribution < 1.29 is 13.6 Å². The van der Waals surface area contributed by atoms with E-state index >= 15 is 0 Å². The minimum absolute atomic E-state index is 0.203. The number of hydrogen-bond donors (Lipinski definition) is 1. The summed E-state index contributed by atoms with van der Waals surface area (Å²) in [5.41, 5.74) is 1.82. The SMILES string of the molecule is Cc1c(C(=O)Nc2ccc(I)cc2)oc2ccc(F)cc12. The summed E-state index contributed by atoms with van der Waals surface area (Å²) in [5.74, 6) is -0.490. The van der Waals surface area contributed by atoms with Gasteiger partial charge in [0.2, 0.25) is 0 Å². The lowest BCUT2D eigenvalue weighted by Crippen LogP contribution is -2.11. The van der Waals surface area contributed by atoms with Crippen LogP contribution in [0.2, 0.25) is 0 Å². The highest BCUT2D eigenvalue weighted by atomic mass is 127. The van der Waals surface area contributed by atoms with Gasteiger partial charge >= 0.3 is 0 Å². The fraction of sp³-hybridized carbons (Fsp3) is 0.0625. The third-order valence-corrected chi connectivity index (χ3v) is 3.93. The molecule has 0 fully saturated rings. The zero-order chi connectivity index (χ0) is 15.0. The molecule has 3 rings (SSSR count). The van der Waals surface area contributed by atoms with E-state index in [0.29, 0.717) is 22.2 Å². The number of anilines is 1. The van der Waals surface area contributed by atoms with Crippen molar-refractivity contribution in [2.24, 2.45) is 0 Å². The number of nitrogens with one attached hydrogen (secondary N) is 1. The number of aryl methyl sites for hydroxylation is 1. The fourth-order valence-corrected chi connectivity index (χ4v) is 2.49. The quantitative estimate of drug-likeness (QED) is 0.638. The maximum atomic E-state index is 13.3. The molecule has 0 spiro atoms. The van der Waals surface area contributed by atoms with E-state index in [9.17, 15) is 9.18 Å². The number of hydrogen-bond acceptors (Lipinski definition) is 2. The standard InChI is InChI=1S/C16H11FINO2/c1-9-13-8-10(17)2-7-14(13)21-15(9)16(20)19-12-5-3-11(18)4-6-12/h2-8H,1H3,(H,19,20). The molecule has 106 valence electrons. The van der Waals surface area contributed by atoms with E-state index in [-0.39, 0.29) is 17.5 Å². The molecular formula is C16H11FINO2. The number of carbonyl (C=O) groups is 1. The van der Waals surface area contributed by atoms with Gasteiger partial charge in [0.05, 0.1) is 0 Å². The Bertz CT molecular complexity index is 824. The molecule has 0 saturated carbocycles. The number of benzene rings is 2. The molecule has 0 saturated heterocycles. The zero-order valence-corrected chi connectivity index (χ0v) is 13.3. The van der Waals surface area contributed by atoms with Crippen molar-refractivity contribution in [3.63, 3.8) is 0 Å². The maximum absolute atomic E-state index is 13.3. The molecule has 1 N–H and O–H groups in total. The van der Waals surface area contributed by atoms with Crippen molar-refractivity contribution in [1.82, 2.24) is 0 Å². The van der Waals surface area contributed by atoms with Crippen LogP contribution in [0, 0.1) is 16.3 Å². The Morgan fingerprint density at radius 1 is 1.19 bits per heavy atom. The zero-order valence-electron chi connectivity index (χ0n) is 11.1. The second kappa shape index (κ2) is 5.48. The summed E-state index contributed by atoms with van der Waals surface area (Å²) in [6.07, 6.45) is 0. The number of furan rings is 1. The van der Waals surface area contributed by atoms with Gasteiger partial charge in [-0.05, 0) is 72.0 Å². The first-order valence-electron chi connectivity index (χ1n) is 6.30. The van der Waals surface area contributed by atoms with Crippen LogP contribution in [0.25, 0.3) is 11.0 Å². The van der Waals surface area contributed by atoms with Crippen molar-refractivity contribution in [2.45, 2.75) is 6.92 Å². The van der Waals surface area contributed by atoms with Gasteiger partial charge in [-0.1, -0.05) is 0 Å². The van der Waals surface area contributed by atoms with Gasteiger partial charge in [0.25, 0.3) is 5.91 Å². The lowest BCUT2D eigenvalue weighted by Gasteiger charge is -2.03. The second-order valence-electron chi connectivity index (χ2n) is 4.66. The van der Waals surface area contributed by atoms with E-state index in [4.69, 9.17) is 4.42 Å². The minimum Gasteiger partial charge on any atom is -0.451 e. The second-order valence-corrected chi connectivity index (χ2v) is 5.90. The van der Waals surface area contributed by atoms with E-state index < -0.39 is 0 Å². The molecule has 0 aliphatic carbocycles. The van der Waals surface area contributed by atoms with Crippen LogP contribution in [0.1, 0.15) is 16.1 Å². The van der Waals surface area contributed by atoms with Crippen LogP contribution >= 0.6 is 22.6 Å². The predicted molar refractivity (Wildman–Crippen MR) is 88.0 cm³/mol. The summed E-state index contributed by atoms with van der Waals surface area (Å²) >= 11 is 2.19. The molecule has 0 radical (unpaired) electrons. The van der Waals surface area contributed by atoms with Crippen molar-refractivity contribution in [2.75, 3.05) is 5.32 Å². The first-order valence-corrected chi connectivity index (χ1v) is 7.38. The number of carbonyl (C=O) groups excluding carboxylic acids is 1. The Morgan fingerprint density at radius 3 is 2.62 bits per heavy atom. The molecule has 0 aliphatic rings. The Kier molecular flexibility index (Phi) is 3.67. The molecule has 21 heavy (non-hydrogen) atoms. The smallest absolute Gasteiger partial charge is 0.291 e. The third-order valence-electron chi connectivity index (χ3n) is 3.21. The summed E-state index contributed by atoms with van der Waals surface area (Å²) in [5, 5.41) is 3.39. The highest BCUT2D eigenvalue weighted by molar-refractivity contribution is 14.1. The summed E-state index contributed by atoms with van der Waals surface area (Å²) in [6, 6.07) is 11.6. The molecule has 0 atom stereocenters. The van der Waals surface area contributed by atoms with Gasteiger partial charge in [-0.25, -0.2) is 4.39 Å². The summed E-state index contributed by atoms with van der Waals surface area (Å²) < 4.78 is 19.9. The Labute approximate surface area is 134 Å². The third kappa shape index (κ3) is 2.78. The lowest BCUT2D eigenvalue weighted by molar-refractivity contribution is 0.0998. The van der Waals surface area contributed by atoms with Crippen molar-refractivity contribution in [3.8, 4) is 0 Å². The van der Waals surface area contributed by atoms with Gasteiger partial charge < -0.3 is 9.73 Å². The van der Waals surface area contributed by atoms with E-state index in [1.807, 2.05) is 24.3 Å². The van der Waals surface area contributed by atoms with E-state index in [2.05, 4.69) is 27.9 Å². The van der Waals surface area contributed by atoms with E-state index in [1.54, 1.807) is 6.92 Å². The largest absolute Gasteiger partial charge is 0.451 e. The van der Waals surface area contributed by atoms with Gasteiger partial charge in [0.1, 0.15) is 11.4 Å². The van der Waals surface area contributed by atoms with Crippen LogP contribution in [-0.2, 0) is 0 Å². The van der Waals surface area contributed by atoms with Gasteiger partial charge in [0, 0.05) is 20.2 Å². The molecule has 0 unspecified atom stereocenters. The van der Waals surface area contributed by atoms with Gasteiger partial charge in [0.15, 0.2) is 5.76 Å². The molecule has 0 bridgehead atoms. The lowest BCUT2D eigenvalue weighted by atomic mass is 10.1. The van der Waals surface area contributed by atoms with E-state index in [0.717, 1.165) is 3.57 Å². The van der Waals surface area contributed by atoms with Crippen molar-refractivity contribution in [3.05, 3.63) is 63.2 Å². The summed E-state index contributed by atoms with van der Waals surface area (Å²) in [7, 11) is 0. The molecular weight excluding hydrogens is 384 g/mol. The number of halogens is 2. The molecule has 2 aromatic carbocycles. The van der Waals surface area contributed by atoms with Crippen LogP contribution < -0.4 is 5.32 Å². The maximum Gasteiger partial charge on any atom is 0.291 e. The normalized spacial score (nSPS) is 10.8. The first kappa shape index (κ1) is 14.1. The van der Waals surface area contributed by atoms with Gasteiger partial charge in [-0.15, -0.1) is 0 Å². The van der Waals surface area contributed by atoms with Crippen molar-refractivity contribution >= 4 is 45.2 Å². The molecule has 5 heteroatoms. The molecule has 3 nitrogen and oxygen atoms in total. The number of fused-ring (bicyclic) bond motifs is 1. The average Bonchev–Trinajstić information content (AvgIpc) is 2.79. The topological polar surface area (TPSA) is 42.2 Å². The van der Waals surface area contributed by atoms with Gasteiger partial charge in [-0.3, -0.25) is 4.79 Å². The Balaban J connectivity index is 1.94. The molecule has 1 amide bonds. The predicted octanol–water partition coefficient (Wildman–Crippen LogP) is 4.74. The van der Waals surface area contributed by atoms with Crippen LogP contribution in [0.3, 0.4) is 0 Å². The van der Waals surface area contributed by atoms with Crippen LogP contribution in [0.4, 0.5) is 10.1 Å². The number of amides is 1. The molecule has 0 aliphatic heterocycles. The highest BCUT2D eigenvalue weighted by Gasteiger charge is 2.18.